The van der Waals surface area contributed by atoms with Gasteiger partial charge in [0.1, 0.15) is 11.5 Å². The van der Waals surface area contributed by atoms with E-state index in [9.17, 15) is 30.4 Å². The minimum Gasteiger partial charge on any atom is -0.502 e. The van der Waals surface area contributed by atoms with Gasteiger partial charge in [-0.25, -0.2) is 0 Å². The van der Waals surface area contributed by atoms with Crippen LogP contribution in [0.3, 0.4) is 0 Å². The lowest BCUT2D eigenvalue weighted by atomic mass is 10.2. The molecule has 0 radical (unpaired) electrons. The van der Waals surface area contributed by atoms with Crippen LogP contribution in [-0.4, -0.2) is 20.1 Å². The quantitative estimate of drug-likeness (QED) is 0.444. The van der Waals surface area contributed by atoms with Gasteiger partial charge in [0.2, 0.25) is 0 Å². The van der Waals surface area contributed by atoms with E-state index in [-0.39, 0.29) is 23.0 Å². The third-order valence-corrected chi connectivity index (χ3v) is 3.91. The summed E-state index contributed by atoms with van der Waals surface area (Å²) in [4.78, 5) is 20.5. The van der Waals surface area contributed by atoms with Gasteiger partial charge < -0.3 is 19.7 Å². The highest BCUT2D eigenvalue weighted by Crippen LogP contribution is 2.40. The maximum Gasteiger partial charge on any atom is 0.314 e. The number of nitrogens with zero attached hydrogens (tertiary/aromatic N) is 2. The van der Waals surface area contributed by atoms with Crippen LogP contribution >= 0.6 is 0 Å². The Labute approximate surface area is 163 Å². The van der Waals surface area contributed by atoms with Crippen LogP contribution in [-0.2, 0) is 0 Å². The van der Waals surface area contributed by atoms with Gasteiger partial charge in [-0.2, -0.15) is 0 Å². The van der Waals surface area contributed by atoms with E-state index >= 15 is 0 Å². The van der Waals surface area contributed by atoms with Gasteiger partial charge in [0, 0.05) is 0 Å². The SMILES string of the molecule is Cc1cccc(Oc2ccc(O)c([N+](=O)[O-])c2)c1Oc1ccc(O)c([N+](=O)[O-])c1. The van der Waals surface area contributed by atoms with E-state index in [1.165, 1.54) is 12.1 Å². The average molecular weight is 398 g/mol. The monoisotopic (exact) mass is 398 g/mol. The molecule has 0 saturated carbocycles. The molecule has 0 aliphatic carbocycles. The minimum absolute atomic E-state index is 0.0848. The molecule has 0 aromatic heterocycles. The zero-order chi connectivity index (χ0) is 21.1. The summed E-state index contributed by atoms with van der Waals surface area (Å²) in [5.74, 6) is -0.407. The predicted molar refractivity (Wildman–Crippen MR) is 101 cm³/mol. The summed E-state index contributed by atoms with van der Waals surface area (Å²) < 4.78 is 11.4. The van der Waals surface area contributed by atoms with Gasteiger partial charge in [-0.05, 0) is 42.8 Å². The van der Waals surface area contributed by atoms with Gasteiger partial charge in [-0.1, -0.05) is 12.1 Å². The van der Waals surface area contributed by atoms with Crippen molar-refractivity contribution in [3.8, 4) is 34.5 Å². The molecule has 29 heavy (non-hydrogen) atoms. The number of benzene rings is 3. The number of phenolic OH excluding ortho intramolecular Hbond substituents is 2. The van der Waals surface area contributed by atoms with Crippen molar-refractivity contribution in [2.45, 2.75) is 6.92 Å². The largest absolute Gasteiger partial charge is 0.502 e. The van der Waals surface area contributed by atoms with E-state index in [2.05, 4.69) is 0 Å². The number of nitro groups is 2. The van der Waals surface area contributed by atoms with Crippen molar-refractivity contribution >= 4 is 11.4 Å². The summed E-state index contributed by atoms with van der Waals surface area (Å²) in [5.41, 5.74) is -0.411. The molecule has 0 amide bonds. The molecular formula is C19H14N2O8. The van der Waals surface area contributed by atoms with Gasteiger partial charge >= 0.3 is 11.4 Å². The van der Waals surface area contributed by atoms with Crippen molar-refractivity contribution in [3.63, 3.8) is 0 Å². The molecule has 0 fully saturated rings. The molecular weight excluding hydrogens is 384 g/mol. The van der Waals surface area contributed by atoms with Crippen molar-refractivity contribution in [1.82, 2.24) is 0 Å². The predicted octanol–water partition coefficient (Wildman–Crippen LogP) is 4.81. The first-order chi connectivity index (χ1) is 13.8. The van der Waals surface area contributed by atoms with Gasteiger partial charge in [0.05, 0.1) is 22.0 Å². The molecule has 0 spiro atoms. The Hall–Kier alpha value is -4.34. The Morgan fingerprint density at radius 1 is 0.793 bits per heavy atom. The standard InChI is InChI=1S/C19H14N2O8/c1-11-3-2-4-18(28-12-5-7-16(22)14(9-12)20(24)25)19(11)29-13-6-8-17(23)15(10-13)21(26)27/h2-10,22-23H,1H3. The first kappa shape index (κ1) is 19.4. The summed E-state index contributed by atoms with van der Waals surface area (Å²) in [7, 11) is 0. The Morgan fingerprint density at radius 2 is 1.31 bits per heavy atom. The molecule has 3 rings (SSSR count). The number of rotatable bonds is 6. The fraction of sp³-hybridized carbons (Fsp3) is 0.0526. The van der Waals surface area contributed by atoms with Crippen LogP contribution in [0, 0.1) is 27.2 Å². The highest BCUT2D eigenvalue weighted by Gasteiger charge is 2.19. The fourth-order valence-electron chi connectivity index (χ4n) is 2.51. The van der Waals surface area contributed by atoms with E-state index in [4.69, 9.17) is 9.47 Å². The smallest absolute Gasteiger partial charge is 0.314 e. The van der Waals surface area contributed by atoms with Crippen LogP contribution in [0.25, 0.3) is 0 Å². The molecule has 10 heteroatoms. The van der Waals surface area contributed by atoms with Crippen LogP contribution in [0.5, 0.6) is 34.5 Å². The van der Waals surface area contributed by atoms with Gasteiger partial charge in [-0.3, -0.25) is 20.2 Å². The maximum absolute atomic E-state index is 11.0. The van der Waals surface area contributed by atoms with Crippen LogP contribution < -0.4 is 9.47 Å². The molecule has 0 saturated heterocycles. The van der Waals surface area contributed by atoms with E-state index in [0.29, 0.717) is 5.56 Å². The lowest BCUT2D eigenvalue weighted by Crippen LogP contribution is -1.95. The molecule has 148 valence electrons. The summed E-state index contributed by atoms with van der Waals surface area (Å²) in [6.07, 6.45) is 0. The Kier molecular flexibility index (Phi) is 5.17. The zero-order valence-corrected chi connectivity index (χ0v) is 14.9. The second kappa shape index (κ2) is 7.72. The number of hydrogen-bond acceptors (Lipinski definition) is 8. The van der Waals surface area contributed by atoms with E-state index < -0.39 is 32.7 Å². The van der Waals surface area contributed by atoms with Crippen molar-refractivity contribution < 1.29 is 29.5 Å². The highest BCUT2D eigenvalue weighted by molar-refractivity contribution is 5.55. The summed E-state index contributed by atoms with van der Waals surface area (Å²) in [5, 5.41) is 41.1. The highest BCUT2D eigenvalue weighted by atomic mass is 16.6. The number of aromatic hydroxyl groups is 2. The Morgan fingerprint density at radius 3 is 1.83 bits per heavy atom. The Balaban J connectivity index is 1.97. The molecule has 10 nitrogen and oxygen atoms in total. The molecule has 0 aliphatic rings. The number of hydrogen-bond donors (Lipinski definition) is 2. The number of nitro benzene ring substituents is 2. The third kappa shape index (κ3) is 4.16. The first-order valence-electron chi connectivity index (χ1n) is 8.16. The lowest BCUT2D eigenvalue weighted by molar-refractivity contribution is -0.386. The van der Waals surface area contributed by atoms with Gasteiger partial charge in [-0.15, -0.1) is 0 Å². The van der Waals surface area contributed by atoms with Crippen LogP contribution in [0.15, 0.2) is 54.6 Å². The number of aryl methyl sites for hydroxylation is 1. The molecule has 0 bridgehead atoms. The topological polar surface area (TPSA) is 145 Å². The van der Waals surface area contributed by atoms with Crippen LogP contribution in [0.1, 0.15) is 5.56 Å². The van der Waals surface area contributed by atoms with Crippen molar-refractivity contribution in [3.05, 3.63) is 80.4 Å². The van der Waals surface area contributed by atoms with Gasteiger partial charge in [0.15, 0.2) is 23.0 Å². The fourth-order valence-corrected chi connectivity index (χ4v) is 2.51. The molecule has 3 aromatic carbocycles. The number of para-hydroxylation sites is 1. The minimum atomic E-state index is -0.745. The summed E-state index contributed by atoms with van der Waals surface area (Å²) in [6, 6.07) is 12.0. The molecule has 0 heterocycles. The molecule has 3 aromatic rings. The second-order valence-corrected chi connectivity index (χ2v) is 5.92. The lowest BCUT2D eigenvalue weighted by Gasteiger charge is -2.14. The summed E-state index contributed by atoms with van der Waals surface area (Å²) in [6.45, 7) is 1.72. The number of ether oxygens (including phenoxy) is 2. The molecule has 2 N–H and O–H groups in total. The third-order valence-electron chi connectivity index (χ3n) is 3.91. The van der Waals surface area contributed by atoms with Crippen LogP contribution in [0.4, 0.5) is 11.4 Å². The first-order valence-corrected chi connectivity index (χ1v) is 8.16. The van der Waals surface area contributed by atoms with E-state index in [1.807, 2.05) is 0 Å². The molecule has 0 unspecified atom stereocenters. The van der Waals surface area contributed by atoms with Crippen molar-refractivity contribution in [2.75, 3.05) is 0 Å². The van der Waals surface area contributed by atoms with Crippen LogP contribution in [0.2, 0.25) is 0 Å². The molecule has 0 atom stereocenters. The average Bonchev–Trinajstić information content (AvgIpc) is 2.67. The van der Waals surface area contributed by atoms with E-state index in [1.54, 1.807) is 25.1 Å². The van der Waals surface area contributed by atoms with Gasteiger partial charge in [0.25, 0.3) is 0 Å². The molecule has 0 aliphatic heterocycles. The van der Waals surface area contributed by atoms with Crippen molar-refractivity contribution in [1.29, 1.82) is 0 Å². The normalized spacial score (nSPS) is 10.4. The Bertz CT molecular complexity index is 1110. The maximum atomic E-state index is 11.0. The summed E-state index contributed by atoms with van der Waals surface area (Å²) >= 11 is 0. The second-order valence-electron chi connectivity index (χ2n) is 5.92. The van der Waals surface area contributed by atoms with E-state index in [0.717, 1.165) is 24.3 Å². The van der Waals surface area contributed by atoms with Crippen molar-refractivity contribution in [2.24, 2.45) is 0 Å². The zero-order valence-electron chi connectivity index (χ0n) is 14.9. The number of phenols is 2.